The van der Waals surface area contributed by atoms with Crippen molar-refractivity contribution < 1.29 is 9.53 Å². The Hall–Kier alpha value is -2.18. The molecule has 0 unspecified atom stereocenters. The van der Waals surface area contributed by atoms with Crippen molar-refractivity contribution in [2.45, 2.75) is 31.6 Å². The molecule has 0 aliphatic carbocycles. The lowest BCUT2D eigenvalue weighted by Crippen LogP contribution is -2.35. The maximum Gasteiger partial charge on any atom is 0.249 e. The van der Waals surface area contributed by atoms with Gasteiger partial charge >= 0.3 is 0 Å². The first kappa shape index (κ1) is 14.7. The molecular formula is C16H20N4O2. The summed E-state index contributed by atoms with van der Waals surface area (Å²) in [5, 5.41) is 7.18. The molecule has 2 aromatic rings. The molecule has 22 heavy (non-hydrogen) atoms. The second-order valence-electron chi connectivity index (χ2n) is 5.36. The van der Waals surface area contributed by atoms with Crippen LogP contribution in [0.1, 0.15) is 18.4 Å². The van der Waals surface area contributed by atoms with E-state index in [0.29, 0.717) is 13.1 Å². The van der Waals surface area contributed by atoms with Gasteiger partial charge in [-0.15, -0.1) is 0 Å². The molecule has 0 radical (unpaired) electrons. The third-order valence-electron chi connectivity index (χ3n) is 3.86. The summed E-state index contributed by atoms with van der Waals surface area (Å²) in [6, 6.07) is 9.73. The fourth-order valence-corrected chi connectivity index (χ4v) is 2.66. The van der Waals surface area contributed by atoms with Crippen molar-refractivity contribution >= 4 is 5.91 Å². The zero-order valence-corrected chi connectivity index (χ0v) is 12.3. The molecule has 116 valence electrons. The monoisotopic (exact) mass is 300 g/mol. The largest absolute Gasteiger partial charge is 0.364 e. The summed E-state index contributed by atoms with van der Waals surface area (Å²) >= 11 is 0. The predicted molar refractivity (Wildman–Crippen MR) is 82.4 cm³/mol. The van der Waals surface area contributed by atoms with E-state index in [0.717, 1.165) is 24.1 Å². The molecular weight excluding hydrogens is 280 g/mol. The summed E-state index contributed by atoms with van der Waals surface area (Å²) < 4.78 is 7.40. The zero-order chi connectivity index (χ0) is 15.4. The topological polar surface area (TPSA) is 82.2 Å². The van der Waals surface area contributed by atoms with Crippen LogP contribution in [0.15, 0.2) is 42.7 Å². The molecule has 1 aromatic carbocycles. The number of carbonyl (C=O) groups excluding carboxylic acids is 1. The summed E-state index contributed by atoms with van der Waals surface area (Å²) in [6.45, 7) is 0.911. The Morgan fingerprint density at radius 2 is 2.23 bits per heavy atom. The minimum atomic E-state index is -0.384. The van der Waals surface area contributed by atoms with Crippen molar-refractivity contribution in [3.05, 3.63) is 48.3 Å². The van der Waals surface area contributed by atoms with Crippen LogP contribution in [0.4, 0.5) is 0 Å². The molecule has 1 aliphatic rings. The number of aromatic nitrogens is 2. The maximum absolute atomic E-state index is 12.2. The molecule has 2 atom stereocenters. The number of rotatable bonds is 5. The van der Waals surface area contributed by atoms with E-state index in [2.05, 4.69) is 10.4 Å². The molecule has 1 saturated heterocycles. The van der Waals surface area contributed by atoms with E-state index in [1.165, 1.54) is 0 Å². The first-order valence-electron chi connectivity index (χ1n) is 7.49. The molecule has 0 spiro atoms. The molecule has 1 aromatic heterocycles. The van der Waals surface area contributed by atoms with Crippen LogP contribution in [0.3, 0.4) is 0 Å². The molecule has 6 nitrogen and oxygen atoms in total. The van der Waals surface area contributed by atoms with Gasteiger partial charge in [0.05, 0.1) is 11.8 Å². The van der Waals surface area contributed by atoms with Crippen molar-refractivity contribution in [1.29, 1.82) is 0 Å². The average molecular weight is 300 g/mol. The summed E-state index contributed by atoms with van der Waals surface area (Å²) in [7, 11) is 0. The van der Waals surface area contributed by atoms with Gasteiger partial charge in [0.1, 0.15) is 6.10 Å². The number of benzene rings is 1. The van der Waals surface area contributed by atoms with Gasteiger partial charge in [-0.2, -0.15) is 5.10 Å². The number of para-hydroxylation sites is 1. The summed E-state index contributed by atoms with van der Waals surface area (Å²) in [5.74, 6) is -0.0776. The van der Waals surface area contributed by atoms with Crippen LogP contribution in [0.5, 0.6) is 0 Å². The summed E-state index contributed by atoms with van der Waals surface area (Å²) in [6.07, 6.45) is 4.81. The molecule has 3 rings (SSSR count). The van der Waals surface area contributed by atoms with Gasteiger partial charge in [0.2, 0.25) is 5.91 Å². The van der Waals surface area contributed by atoms with Crippen molar-refractivity contribution in [3.63, 3.8) is 0 Å². The quantitative estimate of drug-likeness (QED) is 0.863. The molecule has 3 N–H and O–H groups in total. The number of ether oxygens (including phenoxy) is 1. The van der Waals surface area contributed by atoms with Gasteiger partial charge in [-0.3, -0.25) is 4.79 Å². The van der Waals surface area contributed by atoms with Crippen molar-refractivity contribution in [2.75, 3.05) is 6.54 Å². The molecule has 1 amide bonds. The molecule has 0 saturated carbocycles. The van der Waals surface area contributed by atoms with Crippen molar-refractivity contribution in [3.8, 4) is 5.69 Å². The lowest BCUT2D eigenvalue weighted by molar-refractivity contribution is -0.132. The van der Waals surface area contributed by atoms with E-state index >= 15 is 0 Å². The number of amides is 1. The zero-order valence-electron chi connectivity index (χ0n) is 12.3. The second-order valence-corrected chi connectivity index (χ2v) is 5.36. The Morgan fingerprint density at radius 3 is 2.95 bits per heavy atom. The molecule has 6 heteroatoms. The standard InChI is InChI=1S/C16H20N4O2/c17-10-13-6-7-15(22-13)16(21)18-11-12-4-1-2-5-14(12)20-9-3-8-19-20/h1-5,8-9,13,15H,6-7,10-11,17H2,(H,18,21)/t13-,15+/m1/s1. The van der Waals surface area contributed by atoms with E-state index in [4.69, 9.17) is 10.5 Å². The highest BCUT2D eigenvalue weighted by Gasteiger charge is 2.29. The molecule has 1 fully saturated rings. The van der Waals surface area contributed by atoms with Crippen LogP contribution >= 0.6 is 0 Å². The Kier molecular flexibility index (Phi) is 4.50. The number of nitrogens with two attached hydrogens (primary N) is 1. The van der Waals surface area contributed by atoms with Gasteiger partial charge in [0, 0.05) is 25.5 Å². The van der Waals surface area contributed by atoms with Crippen LogP contribution < -0.4 is 11.1 Å². The van der Waals surface area contributed by atoms with Crippen LogP contribution in [0.25, 0.3) is 5.69 Å². The fraction of sp³-hybridized carbons (Fsp3) is 0.375. The molecule has 2 heterocycles. The SMILES string of the molecule is NC[C@H]1CC[C@@H](C(=O)NCc2ccccc2-n2cccn2)O1. The number of nitrogens with one attached hydrogen (secondary N) is 1. The van der Waals surface area contributed by atoms with Crippen LogP contribution in [0.2, 0.25) is 0 Å². The average Bonchev–Trinajstić information content (AvgIpc) is 3.24. The lowest BCUT2D eigenvalue weighted by atomic mass is 10.1. The number of hydrogen-bond donors (Lipinski definition) is 2. The van der Waals surface area contributed by atoms with E-state index in [9.17, 15) is 4.79 Å². The highest BCUT2D eigenvalue weighted by atomic mass is 16.5. The Bertz CT molecular complexity index is 627. The first-order valence-corrected chi connectivity index (χ1v) is 7.49. The van der Waals surface area contributed by atoms with Crippen LogP contribution in [-0.2, 0) is 16.1 Å². The van der Waals surface area contributed by atoms with E-state index in [-0.39, 0.29) is 18.1 Å². The summed E-state index contributed by atoms with van der Waals surface area (Å²) in [4.78, 5) is 12.2. The Balaban J connectivity index is 1.64. The maximum atomic E-state index is 12.2. The van der Waals surface area contributed by atoms with Gasteiger partial charge in [-0.1, -0.05) is 18.2 Å². The lowest BCUT2D eigenvalue weighted by Gasteiger charge is -2.14. The van der Waals surface area contributed by atoms with Gasteiger partial charge in [0.25, 0.3) is 0 Å². The Labute approximate surface area is 129 Å². The van der Waals surface area contributed by atoms with Crippen LogP contribution in [-0.4, -0.2) is 34.4 Å². The first-order chi connectivity index (χ1) is 10.8. The van der Waals surface area contributed by atoms with Gasteiger partial charge in [0.15, 0.2) is 0 Å². The normalized spacial score (nSPS) is 21.0. The third-order valence-corrected chi connectivity index (χ3v) is 3.86. The second kappa shape index (κ2) is 6.72. The molecule has 0 bridgehead atoms. The smallest absolute Gasteiger partial charge is 0.249 e. The van der Waals surface area contributed by atoms with Gasteiger partial charge < -0.3 is 15.8 Å². The van der Waals surface area contributed by atoms with Gasteiger partial charge in [-0.05, 0) is 30.5 Å². The predicted octanol–water partition coefficient (Wildman–Crippen LogP) is 0.995. The number of nitrogens with zero attached hydrogens (tertiary/aromatic N) is 2. The highest BCUT2D eigenvalue weighted by Crippen LogP contribution is 2.19. The van der Waals surface area contributed by atoms with Gasteiger partial charge in [-0.25, -0.2) is 4.68 Å². The minimum Gasteiger partial charge on any atom is -0.364 e. The number of hydrogen-bond acceptors (Lipinski definition) is 4. The van der Waals surface area contributed by atoms with Crippen molar-refractivity contribution in [2.24, 2.45) is 5.73 Å². The van der Waals surface area contributed by atoms with E-state index in [1.807, 2.05) is 36.5 Å². The van der Waals surface area contributed by atoms with Crippen LogP contribution in [0, 0.1) is 0 Å². The van der Waals surface area contributed by atoms with E-state index < -0.39 is 0 Å². The Morgan fingerprint density at radius 1 is 1.36 bits per heavy atom. The minimum absolute atomic E-state index is 0.00658. The highest BCUT2D eigenvalue weighted by molar-refractivity contribution is 5.81. The van der Waals surface area contributed by atoms with E-state index in [1.54, 1.807) is 10.9 Å². The molecule has 1 aliphatic heterocycles. The van der Waals surface area contributed by atoms with Crippen molar-refractivity contribution in [1.82, 2.24) is 15.1 Å². The number of carbonyl (C=O) groups is 1. The summed E-state index contributed by atoms with van der Waals surface area (Å²) in [5.41, 5.74) is 7.53. The fourth-order valence-electron chi connectivity index (χ4n) is 2.66. The third kappa shape index (κ3) is 3.18.